The third-order valence-electron chi connectivity index (χ3n) is 11.0. The number of pyridine rings is 1. The molecule has 0 unspecified atom stereocenters. The predicted molar refractivity (Wildman–Crippen MR) is 225 cm³/mol. The van der Waals surface area contributed by atoms with Crippen molar-refractivity contribution in [2.45, 2.75) is 91.3 Å². The Morgan fingerprint density at radius 3 is 2.32 bits per heavy atom. The van der Waals surface area contributed by atoms with Gasteiger partial charge in [0.1, 0.15) is 5.75 Å². The van der Waals surface area contributed by atoms with Gasteiger partial charge in [0.15, 0.2) is 5.65 Å². The van der Waals surface area contributed by atoms with E-state index in [1.165, 1.54) is 5.56 Å². The van der Waals surface area contributed by atoms with Gasteiger partial charge in [-0.15, -0.1) is 0 Å². The molecule has 2 amide bonds. The number of rotatable bonds is 14. The Kier molecular flexibility index (Phi) is 12.8. The van der Waals surface area contributed by atoms with Gasteiger partial charge in [0.25, 0.3) is 11.8 Å². The largest absolute Gasteiger partial charge is 0.496 e. The highest BCUT2D eigenvalue weighted by atomic mass is 16.5. The monoisotopic (exact) mass is 772 g/mol. The minimum atomic E-state index is -0.268. The second-order valence-electron chi connectivity index (χ2n) is 15.3. The minimum Gasteiger partial charge on any atom is -0.496 e. The Morgan fingerprint density at radius 1 is 0.895 bits per heavy atom. The molecule has 0 aliphatic carbocycles. The summed E-state index contributed by atoms with van der Waals surface area (Å²) in [6, 6.07) is 22.6. The second-order valence-corrected chi connectivity index (χ2v) is 15.3. The molecule has 2 atom stereocenters. The number of amides is 2. The molecule has 0 radical (unpaired) electrons. The maximum Gasteiger partial charge on any atom is 0.251 e. The molecule has 0 saturated carbocycles. The summed E-state index contributed by atoms with van der Waals surface area (Å²) in [5.41, 5.74) is 8.70. The van der Waals surface area contributed by atoms with Crippen molar-refractivity contribution in [1.29, 1.82) is 0 Å². The molecule has 2 fully saturated rings. The van der Waals surface area contributed by atoms with E-state index in [4.69, 9.17) is 14.5 Å². The summed E-state index contributed by atoms with van der Waals surface area (Å²) >= 11 is 0. The quantitative estimate of drug-likeness (QED) is 0.102. The lowest BCUT2D eigenvalue weighted by atomic mass is 9.99. The van der Waals surface area contributed by atoms with Crippen molar-refractivity contribution in [3.05, 3.63) is 106 Å². The molecular formula is C45H56N8O4. The summed E-state index contributed by atoms with van der Waals surface area (Å²) in [5, 5.41) is 19.1. The summed E-state index contributed by atoms with van der Waals surface area (Å²) in [6.07, 6.45) is 4.36. The summed E-state index contributed by atoms with van der Waals surface area (Å²) < 4.78 is 13.3. The van der Waals surface area contributed by atoms with Crippen molar-refractivity contribution < 1.29 is 19.1 Å². The number of aryl methyl sites for hydroxylation is 2. The Balaban J connectivity index is 1.03. The molecule has 7 rings (SSSR count). The normalized spacial score (nSPS) is 17.7. The van der Waals surface area contributed by atoms with Crippen LogP contribution in [0.3, 0.4) is 0 Å². The Bertz CT molecular complexity index is 2190. The molecule has 5 aromatic rings. The summed E-state index contributed by atoms with van der Waals surface area (Å²) in [6.45, 7) is 14.2. The molecule has 3 aromatic carbocycles. The van der Waals surface area contributed by atoms with Crippen LogP contribution in [0.4, 0.5) is 5.69 Å². The van der Waals surface area contributed by atoms with Crippen LogP contribution in [0.1, 0.15) is 83.6 Å². The first-order valence-corrected chi connectivity index (χ1v) is 20.4. The number of piperazine rings is 1. The molecule has 2 aromatic heterocycles. The number of fused-ring (bicyclic) bond motifs is 1. The number of anilines is 1. The van der Waals surface area contributed by atoms with Crippen molar-refractivity contribution in [2.24, 2.45) is 0 Å². The van der Waals surface area contributed by atoms with Crippen LogP contribution >= 0.6 is 0 Å². The molecule has 12 heteroatoms. The van der Waals surface area contributed by atoms with Crippen LogP contribution in [0, 0.1) is 0 Å². The second kappa shape index (κ2) is 18.3. The van der Waals surface area contributed by atoms with E-state index in [1.807, 2.05) is 23.0 Å². The molecule has 2 saturated heterocycles. The Hall–Kier alpha value is -5.30. The van der Waals surface area contributed by atoms with Crippen LogP contribution in [0.15, 0.2) is 72.9 Å². The van der Waals surface area contributed by atoms with Crippen molar-refractivity contribution in [3.63, 3.8) is 0 Å². The van der Waals surface area contributed by atoms with Crippen molar-refractivity contribution in [2.75, 3.05) is 38.7 Å². The SMILES string of the molecule is CCc1nc2c(cnn2CC)c(NC2CCOCC2)c1CNC(=O)c1cccc(C(=O)NCc2ccc(OC)c(-c3cccc(CN4C[C@@H](C)N[C@@H](C)C4)c3)c2)c1. The first kappa shape index (κ1) is 39.9. The zero-order valence-corrected chi connectivity index (χ0v) is 33.9. The fraction of sp³-hybridized carbons (Fsp3) is 0.422. The number of nitrogens with one attached hydrogen (secondary N) is 4. The number of nitrogens with zero attached hydrogens (tertiary/aromatic N) is 4. The smallest absolute Gasteiger partial charge is 0.251 e. The lowest BCUT2D eigenvalue weighted by molar-refractivity contribution is 0.0904. The standard InChI is InChI=1S/C45H56N8O4/c1-6-40-38(42(50-36-16-18-57-19-17-36)39-25-48-53(7-2)43(39)51-40)24-47-45(55)35-13-9-12-34(22-35)44(54)46-23-31-14-15-41(56-5)37(21-31)33-11-8-10-32(20-33)28-52-26-29(3)49-30(4)27-52/h8-15,20-22,25,29-30,36,49H,6-7,16-19,23-24,26-28H2,1-5H3,(H,46,54)(H,47,55)(H,50,51)/t29-,30+. The van der Waals surface area contributed by atoms with Gasteiger partial charge in [-0.1, -0.05) is 37.3 Å². The predicted octanol–water partition coefficient (Wildman–Crippen LogP) is 6.32. The van der Waals surface area contributed by atoms with Crippen LogP contribution in [-0.2, 0) is 37.3 Å². The van der Waals surface area contributed by atoms with Gasteiger partial charge in [0.05, 0.1) is 24.4 Å². The van der Waals surface area contributed by atoms with Gasteiger partial charge >= 0.3 is 0 Å². The average molecular weight is 773 g/mol. The zero-order valence-electron chi connectivity index (χ0n) is 33.9. The maximum atomic E-state index is 13.7. The lowest BCUT2D eigenvalue weighted by Crippen LogP contribution is -2.53. The topological polar surface area (TPSA) is 135 Å². The molecule has 4 N–H and O–H groups in total. The van der Waals surface area contributed by atoms with E-state index in [9.17, 15) is 9.59 Å². The summed E-state index contributed by atoms with van der Waals surface area (Å²) in [7, 11) is 1.68. The molecule has 300 valence electrons. The highest BCUT2D eigenvalue weighted by Crippen LogP contribution is 2.33. The highest BCUT2D eigenvalue weighted by Gasteiger charge is 2.23. The van der Waals surface area contributed by atoms with Crippen molar-refractivity contribution in [3.8, 4) is 16.9 Å². The number of aromatic nitrogens is 3. The molecule has 2 aliphatic rings. The van der Waals surface area contributed by atoms with E-state index >= 15 is 0 Å². The fourth-order valence-electron chi connectivity index (χ4n) is 8.21. The zero-order chi connectivity index (χ0) is 39.9. The minimum absolute atomic E-state index is 0.250. The number of hydrogen-bond donors (Lipinski definition) is 4. The van der Waals surface area contributed by atoms with E-state index in [0.29, 0.717) is 55.9 Å². The van der Waals surface area contributed by atoms with Gasteiger partial charge in [-0.2, -0.15) is 5.10 Å². The van der Waals surface area contributed by atoms with Gasteiger partial charge in [-0.25, -0.2) is 9.67 Å². The highest BCUT2D eigenvalue weighted by molar-refractivity contribution is 6.00. The number of hydrogen-bond acceptors (Lipinski definition) is 9. The molecule has 0 bridgehead atoms. The third-order valence-corrected chi connectivity index (χ3v) is 11.0. The number of benzene rings is 3. The maximum absolute atomic E-state index is 13.7. The van der Waals surface area contributed by atoms with Gasteiger partial charge in [0.2, 0.25) is 0 Å². The first-order chi connectivity index (χ1) is 27.7. The van der Waals surface area contributed by atoms with Crippen LogP contribution in [0.2, 0.25) is 0 Å². The summed E-state index contributed by atoms with van der Waals surface area (Å²) in [5.74, 6) is 0.244. The molecule has 2 aliphatic heterocycles. The van der Waals surface area contributed by atoms with E-state index in [0.717, 1.165) is 82.9 Å². The number of methoxy groups -OCH3 is 1. The van der Waals surface area contributed by atoms with Crippen LogP contribution in [0.5, 0.6) is 5.75 Å². The fourth-order valence-corrected chi connectivity index (χ4v) is 8.21. The van der Waals surface area contributed by atoms with Crippen molar-refractivity contribution >= 4 is 28.5 Å². The Morgan fingerprint density at radius 2 is 1.61 bits per heavy atom. The molecule has 12 nitrogen and oxygen atoms in total. The lowest BCUT2D eigenvalue weighted by Gasteiger charge is -2.36. The average Bonchev–Trinajstić information content (AvgIpc) is 3.65. The van der Waals surface area contributed by atoms with E-state index in [1.54, 1.807) is 31.4 Å². The molecule has 57 heavy (non-hydrogen) atoms. The first-order valence-electron chi connectivity index (χ1n) is 20.4. The van der Waals surface area contributed by atoms with Gasteiger partial charge < -0.3 is 30.7 Å². The van der Waals surface area contributed by atoms with Gasteiger partial charge in [-0.05, 0) is 93.1 Å². The van der Waals surface area contributed by atoms with Crippen LogP contribution in [-0.4, -0.2) is 83.0 Å². The molecule has 0 spiro atoms. The van der Waals surface area contributed by atoms with Crippen LogP contribution < -0.4 is 26.0 Å². The third kappa shape index (κ3) is 9.47. The van der Waals surface area contributed by atoms with Crippen molar-refractivity contribution in [1.82, 2.24) is 35.6 Å². The van der Waals surface area contributed by atoms with E-state index < -0.39 is 0 Å². The van der Waals surface area contributed by atoms with Gasteiger partial charge in [0, 0.05) is 98.6 Å². The molecule has 4 heterocycles. The summed E-state index contributed by atoms with van der Waals surface area (Å²) in [4.78, 5) is 34.6. The van der Waals surface area contributed by atoms with Crippen LogP contribution in [0.25, 0.3) is 22.2 Å². The number of ether oxygens (including phenoxy) is 2. The number of carbonyl (C=O) groups is 2. The van der Waals surface area contributed by atoms with E-state index in [-0.39, 0.29) is 24.4 Å². The van der Waals surface area contributed by atoms with E-state index in [2.05, 4.69) is 89.3 Å². The Labute approximate surface area is 335 Å². The van der Waals surface area contributed by atoms with Gasteiger partial charge in [-0.3, -0.25) is 14.5 Å². The molecular weight excluding hydrogens is 717 g/mol. The number of carbonyl (C=O) groups excluding carboxylic acids is 2.